The van der Waals surface area contributed by atoms with E-state index in [4.69, 9.17) is 5.73 Å². The van der Waals surface area contributed by atoms with Crippen LogP contribution in [0, 0.1) is 0 Å². The quantitative estimate of drug-likeness (QED) is 0.763. The second-order valence-electron chi connectivity index (χ2n) is 4.31. The SMILES string of the molecule is CN1CCCC1CNC(=O)c1cnc(N)cn1. The highest BCUT2D eigenvalue weighted by molar-refractivity contribution is 5.91. The number of hydrogen-bond acceptors (Lipinski definition) is 5. The van der Waals surface area contributed by atoms with Crippen molar-refractivity contribution in [3.63, 3.8) is 0 Å². The Bertz CT molecular complexity index is 391. The van der Waals surface area contributed by atoms with Crippen LogP contribution in [0.4, 0.5) is 5.82 Å². The zero-order chi connectivity index (χ0) is 12.3. The average Bonchev–Trinajstić information content (AvgIpc) is 2.73. The summed E-state index contributed by atoms with van der Waals surface area (Å²) in [4.78, 5) is 21.8. The van der Waals surface area contributed by atoms with Crippen LogP contribution in [0.25, 0.3) is 0 Å². The van der Waals surface area contributed by atoms with Crippen LogP contribution in [-0.2, 0) is 0 Å². The highest BCUT2D eigenvalue weighted by atomic mass is 16.1. The van der Waals surface area contributed by atoms with Crippen LogP contribution in [0.3, 0.4) is 0 Å². The third kappa shape index (κ3) is 2.91. The second kappa shape index (κ2) is 5.09. The molecule has 1 aliphatic heterocycles. The van der Waals surface area contributed by atoms with E-state index in [2.05, 4.69) is 27.2 Å². The highest BCUT2D eigenvalue weighted by Gasteiger charge is 2.21. The van der Waals surface area contributed by atoms with E-state index < -0.39 is 0 Å². The van der Waals surface area contributed by atoms with Crippen molar-refractivity contribution < 1.29 is 4.79 Å². The highest BCUT2D eigenvalue weighted by Crippen LogP contribution is 2.13. The topological polar surface area (TPSA) is 84.1 Å². The van der Waals surface area contributed by atoms with Crippen LogP contribution in [0.2, 0.25) is 0 Å². The third-order valence-electron chi connectivity index (χ3n) is 3.07. The molecular formula is C11H17N5O. The standard InChI is InChI=1S/C11H17N5O/c1-16-4-2-3-8(16)5-15-11(17)9-6-14-10(12)7-13-9/h6-8H,2-5H2,1H3,(H2,12,14)(H,15,17). The number of anilines is 1. The molecule has 6 nitrogen and oxygen atoms in total. The predicted octanol–water partition coefficient (Wildman–Crippen LogP) is -0.117. The Morgan fingerprint density at radius 2 is 2.41 bits per heavy atom. The normalized spacial score (nSPS) is 20.4. The summed E-state index contributed by atoms with van der Waals surface area (Å²) in [6.45, 7) is 1.75. The molecule has 1 fully saturated rings. The molecule has 2 rings (SSSR count). The maximum absolute atomic E-state index is 11.7. The lowest BCUT2D eigenvalue weighted by Crippen LogP contribution is -2.38. The smallest absolute Gasteiger partial charge is 0.271 e. The molecule has 1 aliphatic rings. The molecule has 0 spiro atoms. The number of amides is 1. The lowest BCUT2D eigenvalue weighted by molar-refractivity contribution is 0.0938. The summed E-state index contributed by atoms with van der Waals surface area (Å²) in [6.07, 6.45) is 5.10. The van der Waals surface area contributed by atoms with Crippen molar-refractivity contribution in [1.29, 1.82) is 0 Å². The summed E-state index contributed by atoms with van der Waals surface area (Å²) in [5.41, 5.74) is 5.71. The minimum atomic E-state index is -0.196. The molecular weight excluding hydrogens is 218 g/mol. The van der Waals surface area contributed by atoms with Crippen molar-refractivity contribution in [3.8, 4) is 0 Å². The van der Waals surface area contributed by atoms with Gasteiger partial charge in [0, 0.05) is 12.6 Å². The summed E-state index contributed by atoms with van der Waals surface area (Å²) in [5, 5.41) is 2.87. The summed E-state index contributed by atoms with van der Waals surface area (Å²) >= 11 is 0. The van der Waals surface area contributed by atoms with E-state index in [1.807, 2.05) is 0 Å². The van der Waals surface area contributed by atoms with E-state index in [-0.39, 0.29) is 5.91 Å². The number of aromatic nitrogens is 2. The zero-order valence-electron chi connectivity index (χ0n) is 9.89. The molecule has 92 valence electrons. The molecule has 6 heteroatoms. The first-order valence-corrected chi connectivity index (χ1v) is 5.73. The van der Waals surface area contributed by atoms with Crippen molar-refractivity contribution in [2.75, 3.05) is 25.9 Å². The molecule has 0 aliphatic carbocycles. The Morgan fingerprint density at radius 1 is 1.59 bits per heavy atom. The van der Waals surface area contributed by atoms with Crippen LogP contribution in [0.15, 0.2) is 12.4 Å². The Balaban J connectivity index is 1.87. The number of nitrogens with two attached hydrogens (primary N) is 1. The van der Waals surface area contributed by atoms with E-state index >= 15 is 0 Å². The van der Waals surface area contributed by atoms with Crippen LogP contribution >= 0.6 is 0 Å². The van der Waals surface area contributed by atoms with Crippen molar-refractivity contribution in [2.24, 2.45) is 0 Å². The number of hydrogen-bond donors (Lipinski definition) is 2. The van der Waals surface area contributed by atoms with Crippen molar-refractivity contribution in [2.45, 2.75) is 18.9 Å². The average molecular weight is 235 g/mol. The Hall–Kier alpha value is -1.69. The molecule has 0 aromatic carbocycles. The number of carbonyl (C=O) groups excluding carboxylic acids is 1. The molecule has 0 radical (unpaired) electrons. The van der Waals surface area contributed by atoms with Gasteiger partial charge in [-0.3, -0.25) is 4.79 Å². The van der Waals surface area contributed by atoms with Gasteiger partial charge in [-0.25, -0.2) is 9.97 Å². The van der Waals surface area contributed by atoms with Gasteiger partial charge >= 0.3 is 0 Å². The van der Waals surface area contributed by atoms with Gasteiger partial charge in [0.1, 0.15) is 11.5 Å². The number of likely N-dealkylation sites (tertiary alicyclic amines) is 1. The number of nitrogens with zero attached hydrogens (tertiary/aromatic N) is 3. The first-order chi connectivity index (χ1) is 8.16. The van der Waals surface area contributed by atoms with E-state index in [0.717, 1.165) is 13.0 Å². The van der Waals surface area contributed by atoms with Crippen molar-refractivity contribution in [3.05, 3.63) is 18.1 Å². The van der Waals surface area contributed by atoms with Crippen molar-refractivity contribution in [1.82, 2.24) is 20.2 Å². The van der Waals surface area contributed by atoms with Gasteiger partial charge in [-0.1, -0.05) is 0 Å². The molecule has 0 bridgehead atoms. The van der Waals surface area contributed by atoms with Gasteiger partial charge in [0.25, 0.3) is 5.91 Å². The second-order valence-corrected chi connectivity index (χ2v) is 4.31. The molecule has 0 saturated carbocycles. The molecule has 17 heavy (non-hydrogen) atoms. The number of carbonyl (C=O) groups is 1. The first kappa shape index (κ1) is 11.8. The largest absolute Gasteiger partial charge is 0.382 e. The van der Waals surface area contributed by atoms with E-state index in [9.17, 15) is 4.79 Å². The van der Waals surface area contributed by atoms with Gasteiger partial charge in [-0.05, 0) is 26.4 Å². The third-order valence-corrected chi connectivity index (χ3v) is 3.07. The Labute approximate surface area is 100 Å². The van der Waals surface area contributed by atoms with Crippen molar-refractivity contribution >= 4 is 11.7 Å². The van der Waals surface area contributed by atoms with Crippen LogP contribution in [0.1, 0.15) is 23.3 Å². The van der Waals surface area contributed by atoms with E-state index in [0.29, 0.717) is 24.1 Å². The molecule has 1 atom stereocenters. The van der Waals surface area contributed by atoms with Gasteiger partial charge in [-0.15, -0.1) is 0 Å². The maximum Gasteiger partial charge on any atom is 0.271 e. The van der Waals surface area contributed by atoms with Crippen LogP contribution in [0.5, 0.6) is 0 Å². The molecule has 1 amide bonds. The molecule has 1 aromatic heterocycles. The summed E-state index contributed by atoms with van der Waals surface area (Å²) in [7, 11) is 2.08. The Kier molecular flexibility index (Phi) is 3.53. The number of nitrogens with one attached hydrogen (secondary N) is 1. The molecule has 2 heterocycles. The minimum Gasteiger partial charge on any atom is -0.382 e. The lowest BCUT2D eigenvalue weighted by atomic mass is 10.2. The van der Waals surface area contributed by atoms with Gasteiger partial charge in [0.05, 0.1) is 12.4 Å². The fourth-order valence-electron chi connectivity index (χ4n) is 1.99. The molecule has 3 N–H and O–H groups in total. The predicted molar refractivity (Wildman–Crippen MR) is 64.4 cm³/mol. The first-order valence-electron chi connectivity index (χ1n) is 5.73. The number of likely N-dealkylation sites (N-methyl/N-ethyl adjacent to an activating group) is 1. The fourth-order valence-corrected chi connectivity index (χ4v) is 1.99. The van der Waals surface area contributed by atoms with Crippen LogP contribution in [-0.4, -0.2) is 47.0 Å². The fraction of sp³-hybridized carbons (Fsp3) is 0.545. The summed E-state index contributed by atoms with van der Waals surface area (Å²) in [5.74, 6) is 0.120. The lowest BCUT2D eigenvalue weighted by Gasteiger charge is -2.19. The minimum absolute atomic E-state index is 0.196. The van der Waals surface area contributed by atoms with Gasteiger partial charge < -0.3 is 16.0 Å². The van der Waals surface area contributed by atoms with E-state index in [1.165, 1.54) is 18.8 Å². The number of rotatable bonds is 3. The van der Waals surface area contributed by atoms with Gasteiger partial charge in [0.2, 0.25) is 0 Å². The monoisotopic (exact) mass is 235 g/mol. The number of nitrogen functional groups attached to an aromatic ring is 1. The van der Waals surface area contributed by atoms with Gasteiger partial charge in [0.15, 0.2) is 0 Å². The molecule has 1 unspecified atom stereocenters. The zero-order valence-corrected chi connectivity index (χ0v) is 9.89. The van der Waals surface area contributed by atoms with E-state index in [1.54, 1.807) is 0 Å². The molecule has 1 saturated heterocycles. The summed E-state index contributed by atoms with van der Waals surface area (Å²) in [6, 6.07) is 0.431. The summed E-state index contributed by atoms with van der Waals surface area (Å²) < 4.78 is 0. The van der Waals surface area contributed by atoms with Crippen LogP contribution < -0.4 is 11.1 Å². The Morgan fingerprint density at radius 3 is 3.00 bits per heavy atom. The maximum atomic E-state index is 11.7. The molecule has 1 aromatic rings. The van der Waals surface area contributed by atoms with Gasteiger partial charge in [-0.2, -0.15) is 0 Å².